The Labute approximate surface area is 178 Å². The number of benzene rings is 3. The molecule has 0 radical (unpaired) electrons. The van der Waals surface area contributed by atoms with Crippen molar-refractivity contribution in [2.24, 2.45) is 0 Å². The number of ether oxygens (including phenoxy) is 1. The summed E-state index contributed by atoms with van der Waals surface area (Å²) < 4.78 is 5.22. The first-order chi connectivity index (χ1) is 14.5. The number of methoxy groups -OCH3 is 1. The van der Waals surface area contributed by atoms with Gasteiger partial charge in [-0.1, -0.05) is 41.9 Å². The van der Waals surface area contributed by atoms with Crippen LogP contribution in [0, 0.1) is 0 Å². The number of carbonyl (C=O) groups excluding carboxylic acids is 2. The highest BCUT2D eigenvalue weighted by atomic mass is 35.5. The van der Waals surface area contributed by atoms with E-state index >= 15 is 0 Å². The van der Waals surface area contributed by atoms with Crippen LogP contribution in [0.25, 0.3) is 5.76 Å². The maximum absolute atomic E-state index is 13.0. The van der Waals surface area contributed by atoms with Crippen molar-refractivity contribution in [3.63, 3.8) is 0 Å². The van der Waals surface area contributed by atoms with E-state index in [1.807, 2.05) is 6.07 Å². The minimum atomic E-state index is -0.783. The Kier molecular flexibility index (Phi) is 5.29. The van der Waals surface area contributed by atoms with Gasteiger partial charge in [-0.3, -0.25) is 14.5 Å². The Morgan fingerprint density at radius 1 is 0.933 bits per heavy atom. The number of aliphatic hydroxyl groups excluding tert-OH is 1. The van der Waals surface area contributed by atoms with Crippen molar-refractivity contribution in [3.05, 3.63) is 101 Å². The largest absolute Gasteiger partial charge is 0.507 e. The summed E-state index contributed by atoms with van der Waals surface area (Å²) in [6, 6.07) is 21.7. The van der Waals surface area contributed by atoms with Gasteiger partial charge in [0.25, 0.3) is 11.7 Å². The van der Waals surface area contributed by atoms with Gasteiger partial charge < -0.3 is 9.84 Å². The lowest BCUT2D eigenvalue weighted by molar-refractivity contribution is -0.132. The molecule has 1 aliphatic heterocycles. The van der Waals surface area contributed by atoms with Crippen LogP contribution in [0.2, 0.25) is 5.02 Å². The molecule has 3 aromatic carbocycles. The second kappa shape index (κ2) is 8.05. The number of ketones is 1. The number of aliphatic hydroxyl groups is 1. The van der Waals surface area contributed by atoms with Crippen LogP contribution in [0.5, 0.6) is 5.75 Å². The summed E-state index contributed by atoms with van der Waals surface area (Å²) in [7, 11) is 1.56. The Morgan fingerprint density at radius 2 is 1.57 bits per heavy atom. The number of amides is 1. The fourth-order valence-corrected chi connectivity index (χ4v) is 3.68. The summed E-state index contributed by atoms with van der Waals surface area (Å²) in [5.74, 6) is -1.04. The molecule has 3 aromatic rings. The van der Waals surface area contributed by atoms with Crippen LogP contribution in [-0.2, 0) is 9.59 Å². The Bertz CT molecular complexity index is 1120. The molecule has 1 amide bonds. The molecule has 1 heterocycles. The van der Waals surface area contributed by atoms with Crippen molar-refractivity contribution >= 4 is 34.7 Å². The van der Waals surface area contributed by atoms with Gasteiger partial charge >= 0.3 is 0 Å². The van der Waals surface area contributed by atoms with Crippen LogP contribution in [0.4, 0.5) is 5.69 Å². The lowest BCUT2D eigenvalue weighted by Gasteiger charge is -2.25. The zero-order chi connectivity index (χ0) is 21.3. The average molecular weight is 420 g/mol. The summed E-state index contributed by atoms with van der Waals surface area (Å²) in [5, 5.41) is 11.5. The highest BCUT2D eigenvalue weighted by Crippen LogP contribution is 2.42. The van der Waals surface area contributed by atoms with E-state index in [9.17, 15) is 14.7 Å². The molecule has 1 saturated heterocycles. The van der Waals surface area contributed by atoms with E-state index in [4.69, 9.17) is 16.3 Å². The molecule has 0 unspecified atom stereocenters. The molecular formula is C24H18ClNO4. The van der Waals surface area contributed by atoms with Crippen LogP contribution < -0.4 is 9.64 Å². The molecule has 0 spiro atoms. The standard InChI is InChI=1S/C24H18ClNO4/c1-30-19-13-9-15(10-14-19)21-20(22(27)16-7-11-17(25)12-8-16)23(28)24(29)26(21)18-5-3-2-4-6-18/h2-14,21,27H,1H3/b22-20+/t21-/m1/s1. The average Bonchev–Trinajstić information content (AvgIpc) is 3.05. The van der Waals surface area contributed by atoms with Crippen molar-refractivity contribution in [3.8, 4) is 5.75 Å². The van der Waals surface area contributed by atoms with Gasteiger partial charge in [0.2, 0.25) is 0 Å². The Morgan fingerprint density at radius 3 is 2.17 bits per heavy atom. The molecule has 4 rings (SSSR count). The van der Waals surface area contributed by atoms with Crippen LogP contribution in [0.3, 0.4) is 0 Å². The van der Waals surface area contributed by atoms with Gasteiger partial charge in [-0.05, 0) is 54.1 Å². The fraction of sp³-hybridized carbons (Fsp3) is 0.0833. The number of Topliss-reactive ketones (excluding diaryl/α,β-unsaturated/α-hetero) is 1. The van der Waals surface area contributed by atoms with Crippen molar-refractivity contribution in [2.45, 2.75) is 6.04 Å². The van der Waals surface area contributed by atoms with Gasteiger partial charge in [-0.25, -0.2) is 0 Å². The minimum absolute atomic E-state index is 0.0244. The molecule has 5 nitrogen and oxygen atoms in total. The third kappa shape index (κ3) is 3.44. The third-order valence-corrected chi connectivity index (χ3v) is 5.28. The predicted octanol–water partition coefficient (Wildman–Crippen LogP) is 4.97. The summed E-state index contributed by atoms with van der Waals surface area (Å²) in [6.45, 7) is 0. The normalized spacial score (nSPS) is 17.9. The molecular weight excluding hydrogens is 402 g/mol. The van der Waals surface area contributed by atoms with E-state index < -0.39 is 17.7 Å². The van der Waals surface area contributed by atoms with E-state index in [1.165, 1.54) is 4.90 Å². The van der Waals surface area contributed by atoms with Gasteiger partial charge in [0, 0.05) is 16.3 Å². The van der Waals surface area contributed by atoms with E-state index in [-0.39, 0.29) is 11.3 Å². The number of nitrogens with zero attached hydrogens (tertiary/aromatic N) is 1. The molecule has 0 bridgehead atoms. The summed E-state index contributed by atoms with van der Waals surface area (Å²) in [6.07, 6.45) is 0. The van der Waals surface area contributed by atoms with Gasteiger partial charge in [-0.2, -0.15) is 0 Å². The molecule has 6 heteroatoms. The minimum Gasteiger partial charge on any atom is -0.507 e. The quantitative estimate of drug-likeness (QED) is 0.368. The first kappa shape index (κ1) is 19.7. The Hall–Kier alpha value is -3.57. The monoisotopic (exact) mass is 419 g/mol. The second-order valence-corrected chi connectivity index (χ2v) is 7.22. The van der Waals surface area contributed by atoms with Crippen molar-refractivity contribution in [1.82, 2.24) is 0 Å². The molecule has 1 fully saturated rings. The maximum Gasteiger partial charge on any atom is 0.300 e. The van der Waals surface area contributed by atoms with E-state index in [0.29, 0.717) is 27.6 Å². The van der Waals surface area contributed by atoms with Gasteiger partial charge in [0.15, 0.2) is 0 Å². The number of hydrogen-bond acceptors (Lipinski definition) is 4. The molecule has 0 saturated carbocycles. The van der Waals surface area contributed by atoms with Crippen LogP contribution in [-0.4, -0.2) is 23.9 Å². The summed E-state index contributed by atoms with van der Waals surface area (Å²) in [5.41, 5.74) is 1.67. The van der Waals surface area contributed by atoms with E-state index in [1.54, 1.807) is 79.9 Å². The Balaban J connectivity index is 1.92. The van der Waals surface area contributed by atoms with Crippen LogP contribution in [0.15, 0.2) is 84.4 Å². The van der Waals surface area contributed by atoms with Crippen LogP contribution in [0.1, 0.15) is 17.2 Å². The highest BCUT2D eigenvalue weighted by Gasteiger charge is 2.46. The first-order valence-corrected chi connectivity index (χ1v) is 9.65. The number of rotatable bonds is 4. The number of para-hydroxylation sites is 1. The predicted molar refractivity (Wildman–Crippen MR) is 116 cm³/mol. The number of anilines is 1. The SMILES string of the molecule is COc1ccc([C@@H]2/C(=C(\O)c3ccc(Cl)cc3)C(=O)C(=O)N2c2ccccc2)cc1. The van der Waals surface area contributed by atoms with Crippen molar-refractivity contribution in [1.29, 1.82) is 0 Å². The molecule has 0 aromatic heterocycles. The zero-order valence-electron chi connectivity index (χ0n) is 16.1. The highest BCUT2D eigenvalue weighted by molar-refractivity contribution is 6.51. The first-order valence-electron chi connectivity index (χ1n) is 9.27. The molecule has 150 valence electrons. The molecule has 1 N–H and O–H groups in total. The lowest BCUT2D eigenvalue weighted by atomic mass is 9.95. The maximum atomic E-state index is 13.0. The van der Waals surface area contributed by atoms with E-state index in [0.717, 1.165) is 0 Å². The molecule has 30 heavy (non-hydrogen) atoms. The van der Waals surface area contributed by atoms with Crippen molar-refractivity contribution < 1.29 is 19.4 Å². The topological polar surface area (TPSA) is 66.8 Å². The number of carbonyl (C=O) groups is 2. The zero-order valence-corrected chi connectivity index (χ0v) is 16.8. The van der Waals surface area contributed by atoms with Gasteiger partial charge in [0.05, 0.1) is 18.7 Å². The van der Waals surface area contributed by atoms with Crippen LogP contribution >= 0.6 is 11.6 Å². The fourth-order valence-electron chi connectivity index (χ4n) is 3.55. The molecule has 1 aliphatic rings. The second-order valence-electron chi connectivity index (χ2n) is 6.78. The number of hydrogen-bond donors (Lipinski definition) is 1. The van der Waals surface area contributed by atoms with Gasteiger partial charge in [0.1, 0.15) is 11.5 Å². The molecule has 1 atom stereocenters. The summed E-state index contributed by atoms with van der Waals surface area (Å²) >= 11 is 5.95. The van der Waals surface area contributed by atoms with Crippen molar-refractivity contribution in [2.75, 3.05) is 12.0 Å². The van der Waals surface area contributed by atoms with E-state index in [2.05, 4.69) is 0 Å². The third-order valence-electron chi connectivity index (χ3n) is 5.03. The smallest absolute Gasteiger partial charge is 0.300 e. The number of halogens is 1. The summed E-state index contributed by atoms with van der Waals surface area (Å²) in [4.78, 5) is 27.4. The lowest BCUT2D eigenvalue weighted by Crippen LogP contribution is -2.29. The molecule has 0 aliphatic carbocycles. The van der Waals surface area contributed by atoms with Gasteiger partial charge in [-0.15, -0.1) is 0 Å².